The number of nitrogens with zero attached hydrogens (tertiary/aromatic N) is 1. The molecule has 0 saturated heterocycles. The van der Waals surface area contributed by atoms with Gasteiger partial charge in [0.2, 0.25) is 0 Å². The highest BCUT2D eigenvalue weighted by Crippen LogP contribution is 2.15. The van der Waals surface area contributed by atoms with Crippen molar-refractivity contribution in [2.24, 2.45) is 0 Å². The zero-order valence-electron chi connectivity index (χ0n) is 9.83. The van der Waals surface area contributed by atoms with Gasteiger partial charge < -0.3 is 10.2 Å². The maximum Gasteiger partial charge on any atom is 0.252 e. The van der Waals surface area contributed by atoms with Crippen molar-refractivity contribution in [3.8, 4) is 0 Å². The molecule has 4 heteroatoms. The van der Waals surface area contributed by atoms with Gasteiger partial charge >= 0.3 is 0 Å². The summed E-state index contributed by atoms with van der Waals surface area (Å²) in [4.78, 5) is 13.9. The van der Waals surface area contributed by atoms with Crippen LogP contribution in [0.5, 0.6) is 0 Å². The monoisotopic (exact) mass is 284 g/mol. The van der Waals surface area contributed by atoms with E-state index in [2.05, 4.69) is 21.2 Å². The Morgan fingerprint density at radius 2 is 2.06 bits per heavy atom. The Bertz CT molecular complexity index is 366. The van der Waals surface area contributed by atoms with Gasteiger partial charge in [-0.2, -0.15) is 0 Å². The summed E-state index contributed by atoms with van der Waals surface area (Å²) >= 11 is 3.37. The van der Waals surface area contributed by atoms with E-state index in [1.165, 1.54) is 0 Å². The largest absolute Gasteiger partial charge is 0.348 e. The van der Waals surface area contributed by atoms with Crippen molar-refractivity contribution in [1.29, 1.82) is 0 Å². The molecule has 0 radical (unpaired) electrons. The van der Waals surface area contributed by atoms with Crippen molar-refractivity contribution < 1.29 is 4.79 Å². The standard InChI is InChI=1S/C12H17BrN2O/c1-9(8-15(2)3)14-12(16)10-6-4-5-7-11(10)13/h4-7,9H,8H2,1-3H3,(H,14,16). The molecule has 0 fully saturated rings. The first-order valence-electron chi connectivity index (χ1n) is 5.21. The molecule has 0 aliphatic carbocycles. The molecular formula is C12H17BrN2O. The van der Waals surface area contributed by atoms with Crippen LogP contribution in [0.25, 0.3) is 0 Å². The molecule has 1 atom stereocenters. The molecule has 1 amide bonds. The van der Waals surface area contributed by atoms with E-state index >= 15 is 0 Å². The van der Waals surface area contributed by atoms with Crippen LogP contribution >= 0.6 is 15.9 Å². The first kappa shape index (κ1) is 13.2. The summed E-state index contributed by atoms with van der Waals surface area (Å²) < 4.78 is 0.824. The lowest BCUT2D eigenvalue weighted by atomic mass is 10.2. The van der Waals surface area contributed by atoms with Crippen LogP contribution in [0.3, 0.4) is 0 Å². The number of amides is 1. The zero-order chi connectivity index (χ0) is 12.1. The minimum atomic E-state index is -0.0400. The minimum absolute atomic E-state index is 0.0400. The van der Waals surface area contributed by atoms with Crippen molar-refractivity contribution >= 4 is 21.8 Å². The summed E-state index contributed by atoms with van der Waals surface area (Å²) in [7, 11) is 3.97. The first-order valence-corrected chi connectivity index (χ1v) is 6.00. The summed E-state index contributed by atoms with van der Waals surface area (Å²) in [5, 5.41) is 2.96. The van der Waals surface area contributed by atoms with E-state index in [0.29, 0.717) is 5.56 Å². The second-order valence-electron chi connectivity index (χ2n) is 4.12. The fourth-order valence-electron chi connectivity index (χ4n) is 1.54. The maximum absolute atomic E-state index is 11.9. The molecule has 1 unspecified atom stereocenters. The fraction of sp³-hybridized carbons (Fsp3) is 0.417. The van der Waals surface area contributed by atoms with Gasteiger partial charge in [0, 0.05) is 17.1 Å². The van der Waals surface area contributed by atoms with Crippen molar-refractivity contribution in [3.63, 3.8) is 0 Å². The van der Waals surface area contributed by atoms with E-state index in [1.807, 2.05) is 50.2 Å². The quantitative estimate of drug-likeness (QED) is 0.919. The van der Waals surface area contributed by atoms with Crippen LogP contribution in [0, 0.1) is 0 Å². The van der Waals surface area contributed by atoms with Crippen LogP contribution in [-0.2, 0) is 0 Å². The van der Waals surface area contributed by atoms with Crippen LogP contribution < -0.4 is 5.32 Å². The van der Waals surface area contributed by atoms with Gasteiger partial charge in [-0.3, -0.25) is 4.79 Å². The van der Waals surface area contributed by atoms with Gasteiger partial charge in [-0.05, 0) is 49.1 Å². The molecule has 1 N–H and O–H groups in total. The van der Waals surface area contributed by atoms with E-state index in [-0.39, 0.29) is 11.9 Å². The van der Waals surface area contributed by atoms with E-state index in [0.717, 1.165) is 11.0 Å². The third-order valence-electron chi connectivity index (χ3n) is 2.13. The molecule has 3 nitrogen and oxygen atoms in total. The molecule has 1 aromatic carbocycles. The highest BCUT2D eigenvalue weighted by molar-refractivity contribution is 9.10. The van der Waals surface area contributed by atoms with Crippen molar-refractivity contribution in [3.05, 3.63) is 34.3 Å². The lowest BCUT2D eigenvalue weighted by Gasteiger charge is -2.18. The number of nitrogens with one attached hydrogen (secondary N) is 1. The molecule has 0 aliphatic rings. The molecule has 0 heterocycles. The number of carbonyl (C=O) groups is 1. The molecule has 0 spiro atoms. The first-order chi connectivity index (χ1) is 7.50. The smallest absolute Gasteiger partial charge is 0.252 e. The van der Waals surface area contributed by atoms with Crippen LogP contribution in [-0.4, -0.2) is 37.5 Å². The van der Waals surface area contributed by atoms with Crippen molar-refractivity contribution in [1.82, 2.24) is 10.2 Å². The van der Waals surface area contributed by atoms with E-state index in [1.54, 1.807) is 0 Å². The summed E-state index contributed by atoms with van der Waals surface area (Å²) in [5.41, 5.74) is 0.674. The molecular weight excluding hydrogens is 268 g/mol. The maximum atomic E-state index is 11.9. The molecule has 1 aromatic rings. The Morgan fingerprint density at radius 3 is 2.62 bits per heavy atom. The normalized spacial score (nSPS) is 12.6. The number of likely N-dealkylation sites (N-methyl/N-ethyl adjacent to an activating group) is 1. The highest BCUT2D eigenvalue weighted by Gasteiger charge is 2.12. The predicted molar refractivity (Wildman–Crippen MR) is 69.6 cm³/mol. The Labute approximate surface area is 105 Å². The molecule has 0 saturated carbocycles. The average molecular weight is 285 g/mol. The van der Waals surface area contributed by atoms with Crippen LogP contribution in [0.4, 0.5) is 0 Å². The number of rotatable bonds is 4. The van der Waals surface area contributed by atoms with E-state index in [4.69, 9.17) is 0 Å². The number of carbonyl (C=O) groups excluding carboxylic acids is 1. The molecule has 88 valence electrons. The van der Waals surface area contributed by atoms with Gasteiger partial charge in [-0.1, -0.05) is 12.1 Å². The lowest BCUT2D eigenvalue weighted by molar-refractivity contribution is 0.0933. The SMILES string of the molecule is CC(CN(C)C)NC(=O)c1ccccc1Br. The lowest BCUT2D eigenvalue weighted by Crippen LogP contribution is -2.39. The van der Waals surface area contributed by atoms with E-state index in [9.17, 15) is 4.79 Å². The number of halogens is 1. The van der Waals surface area contributed by atoms with E-state index < -0.39 is 0 Å². The summed E-state index contributed by atoms with van der Waals surface area (Å²) in [6.45, 7) is 2.82. The third kappa shape index (κ3) is 3.94. The topological polar surface area (TPSA) is 32.3 Å². The highest BCUT2D eigenvalue weighted by atomic mass is 79.9. The molecule has 1 rings (SSSR count). The van der Waals surface area contributed by atoms with Gasteiger partial charge in [-0.25, -0.2) is 0 Å². The Balaban J connectivity index is 2.63. The Morgan fingerprint density at radius 1 is 1.44 bits per heavy atom. The van der Waals surface area contributed by atoms with Crippen LogP contribution in [0.15, 0.2) is 28.7 Å². The zero-order valence-corrected chi connectivity index (χ0v) is 11.4. The second-order valence-corrected chi connectivity index (χ2v) is 4.97. The molecule has 0 aliphatic heterocycles. The summed E-state index contributed by atoms with van der Waals surface area (Å²) in [5.74, 6) is -0.0400. The Kier molecular flexibility index (Phi) is 4.96. The predicted octanol–water partition coefficient (Wildman–Crippen LogP) is 2.13. The second kappa shape index (κ2) is 6.01. The molecule has 0 aromatic heterocycles. The Hall–Kier alpha value is -0.870. The van der Waals surface area contributed by atoms with Gasteiger partial charge in [0.05, 0.1) is 5.56 Å². The average Bonchev–Trinajstić information content (AvgIpc) is 2.16. The number of hydrogen-bond donors (Lipinski definition) is 1. The molecule has 0 bridgehead atoms. The molecule has 16 heavy (non-hydrogen) atoms. The van der Waals surface area contributed by atoms with Crippen molar-refractivity contribution in [2.75, 3.05) is 20.6 Å². The fourth-order valence-corrected chi connectivity index (χ4v) is 2.01. The summed E-state index contributed by atoms with van der Waals surface area (Å²) in [6, 6.07) is 7.56. The number of hydrogen-bond acceptors (Lipinski definition) is 2. The minimum Gasteiger partial charge on any atom is -0.348 e. The van der Waals surface area contributed by atoms with Crippen molar-refractivity contribution in [2.45, 2.75) is 13.0 Å². The van der Waals surface area contributed by atoms with Gasteiger partial charge in [-0.15, -0.1) is 0 Å². The number of benzene rings is 1. The third-order valence-corrected chi connectivity index (χ3v) is 2.83. The van der Waals surface area contributed by atoms with Gasteiger partial charge in [0.1, 0.15) is 0 Å². The van der Waals surface area contributed by atoms with Crippen LogP contribution in [0.2, 0.25) is 0 Å². The van der Waals surface area contributed by atoms with Gasteiger partial charge in [0.25, 0.3) is 5.91 Å². The summed E-state index contributed by atoms with van der Waals surface area (Å²) in [6.07, 6.45) is 0. The van der Waals surface area contributed by atoms with Crippen LogP contribution in [0.1, 0.15) is 17.3 Å². The van der Waals surface area contributed by atoms with Gasteiger partial charge in [0.15, 0.2) is 0 Å².